The highest BCUT2D eigenvalue weighted by Gasteiger charge is 2.08. The van der Waals surface area contributed by atoms with Crippen LogP contribution < -0.4 is 14.8 Å². The zero-order chi connectivity index (χ0) is 14.2. The topological polar surface area (TPSA) is 43.4 Å². The second-order valence-corrected chi connectivity index (χ2v) is 4.25. The fourth-order valence-electron chi connectivity index (χ4n) is 1.83. The van der Waals surface area contributed by atoms with Gasteiger partial charge in [0.1, 0.15) is 5.75 Å². The van der Waals surface area contributed by atoms with Gasteiger partial charge in [-0.2, -0.15) is 0 Å². The van der Waals surface area contributed by atoms with Crippen LogP contribution in [-0.4, -0.2) is 18.1 Å². The number of benzene rings is 1. The highest BCUT2D eigenvalue weighted by molar-refractivity contribution is 5.44. The Morgan fingerprint density at radius 2 is 1.85 bits per heavy atom. The van der Waals surface area contributed by atoms with Crippen LogP contribution in [0.25, 0.3) is 0 Å². The summed E-state index contributed by atoms with van der Waals surface area (Å²) in [6, 6.07) is 9.55. The van der Waals surface area contributed by atoms with E-state index < -0.39 is 0 Å². The van der Waals surface area contributed by atoms with Crippen LogP contribution in [0.2, 0.25) is 0 Å². The molecule has 0 bridgehead atoms. The molecule has 0 aliphatic heterocycles. The third-order valence-electron chi connectivity index (χ3n) is 2.79. The number of ether oxygens (including phenoxy) is 2. The fourth-order valence-corrected chi connectivity index (χ4v) is 1.83. The lowest BCUT2D eigenvalue weighted by Crippen LogP contribution is -2.12. The molecule has 0 amide bonds. The lowest BCUT2D eigenvalue weighted by molar-refractivity contribution is 0.320. The van der Waals surface area contributed by atoms with E-state index in [1.165, 1.54) is 0 Å². The SMILES string of the molecule is CCNCc1cnccc1Oc1ccccc1OCC. The minimum absolute atomic E-state index is 0.612. The zero-order valence-electron chi connectivity index (χ0n) is 11.9. The van der Waals surface area contributed by atoms with Gasteiger partial charge >= 0.3 is 0 Å². The van der Waals surface area contributed by atoms with Crippen molar-refractivity contribution < 1.29 is 9.47 Å². The normalized spacial score (nSPS) is 10.3. The van der Waals surface area contributed by atoms with E-state index in [4.69, 9.17) is 9.47 Å². The molecule has 2 rings (SSSR count). The highest BCUT2D eigenvalue weighted by atomic mass is 16.5. The van der Waals surface area contributed by atoms with Crippen molar-refractivity contribution in [3.8, 4) is 17.2 Å². The molecule has 1 N–H and O–H groups in total. The number of hydrogen-bond donors (Lipinski definition) is 1. The molecule has 2 aromatic rings. The van der Waals surface area contributed by atoms with Gasteiger partial charge in [0, 0.05) is 24.5 Å². The Morgan fingerprint density at radius 3 is 2.60 bits per heavy atom. The number of para-hydroxylation sites is 2. The van der Waals surface area contributed by atoms with E-state index >= 15 is 0 Å². The lowest BCUT2D eigenvalue weighted by atomic mass is 10.2. The van der Waals surface area contributed by atoms with E-state index in [9.17, 15) is 0 Å². The minimum Gasteiger partial charge on any atom is -0.490 e. The first-order valence-corrected chi connectivity index (χ1v) is 6.88. The second kappa shape index (κ2) is 7.50. The third kappa shape index (κ3) is 3.71. The summed E-state index contributed by atoms with van der Waals surface area (Å²) < 4.78 is 11.6. The lowest BCUT2D eigenvalue weighted by Gasteiger charge is -2.14. The van der Waals surface area contributed by atoms with Crippen LogP contribution in [0.15, 0.2) is 42.7 Å². The molecule has 20 heavy (non-hydrogen) atoms. The number of nitrogens with one attached hydrogen (secondary N) is 1. The van der Waals surface area contributed by atoms with Crippen LogP contribution in [0.3, 0.4) is 0 Å². The summed E-state index contributed by atoms with van der Waals surface area (Å²) in [4.78, 5) is 4.15. The molecule has 0 spiro atoms. The second-order valence-electron chi connectivity index (χ2n) is 4.25. The van der Waals surface area contributed by atoms with Gasteiger partial charge in [0.25, 0.3) is 0 Å². The predicted octanol–water partition coefficient (Wildman–Crippen LogP) is 3.38. The van der Waals surface area contributed by atoms with E-state index in [0.717, 1.165) is 35.9 Å². The van der Waals surface area contributed by atoms with Crippen LogP contribution in [0.1, 0.15) is 19.4 Å². The molecule has 0 fully saturated rings. The van der Waals surface area contributed by atoms with E-state index in [1.54, 1.807) is 6.20 Å². The highest BCUT2D eigenvalue weighted by Crippen LogP contribution is 2.32. The smallest absolute Gasteiger partial charge is 0.169 e. The summed E-state index contributed by atoms with van der Waals surface area (Å²) in [5.74, 6) is 2.27. The predicted molar refractivity (Wildman–Crippen MR) is 79.3 cm³/mol. The van der Waals surface area contributed by atoms with Gasteiger partial charge < -0.3 is 14.8 Å². The van der Waals surface area contributed by atoms with Gasteiger partial charge in [0.15, 0.2) is 11.5 Å². The summed E-state index contributed by atoms with van der Waals surface area (Å²) in [5, 5.41) is 3.28. The summed E-state index contributed by atoms with van der Waals surface area (Å²) in [6.45, 7) is 6.28. The van der Waals surface area contributed by atoms with Gasteiger partial charge in [0.2, 0.25) is 0 Å². The van der Waals surface area contributed by atoms with Crippen molar-refractivity contribution in [3.63, 3.8) is 0 Å². The molecule has 0 saturated heterocycles. The maximum atomic E-state index is 5.99. The average molecular weight is 272 g/mol. The maximum absolute atomic E-state index is 5.99. The molecule has 106 valence electrons. The fraction of sp³-hybridized carbons (Fsp3) is 0.312. The molecule has 0 atom stereocenters. The molecular weight excluding hydrogens is 252 g/mol. The van der Waals surface area contributed by atoms with Crippen molar-refractivity contribution in [1.29, 1.82) is 0 Å². The Hall–Kier alpha value is -2.07. The molecule has 0 aliphatic carbocycles. The van der Waals surface area contributed by atoms with Crippen molar-refractivity contribution >= 4 is 0 Å². The number of rotatable bonds is 7. The van der Waals surface area contributed by atoms with E-state index in [1.807, 2.05) is 43.5 Å². The molecule has 0 unspecified atom stereocenters. The van der Waals surface area contributed by atoms with Crippen LogP contribution in [0.4, 0.5) is 0 Å². The Morgan fingerprint density at radius 1 is 1.05 bits per heavy atom. The molecule has 0 saturated carbocycles. The van der Waals surface area contributed by atoms with Gasteiger partial charge in [-0.25, -0.2) is 0 Å². The van der Waals surface area contributed by atoms with Crippen molar-refractivity contribution in [2.24, 2.45) is 0 Å². The third-order valence-corrected chi connectivity index (χ3v) is 2.79. The first-order chi connectivity index (χ1) is 9.85. The van der Waals surface area contributed by atoms with Crippen molar-refractivity contribution in [1.82, 2.24) is 10.3 Å². The monoisotopic (exact) mass is 272 g/mol. The van der Waals surface area contributed by atoms with Crippen LogP contribution >= 0.6 is 0 Å². The number of aromatic nitrogens is 1. The van der Waals surface area contributed by atoms with Gasteiger partial charge in [-0.05, 0) is 31.7 Å². The Bertz CT molecular complexity index is 544. The van der Waals surface area contributed by atoms with Gasteiger partial charge in [0.05, 0.1) is 6.61 Å². The summed E-state index contributed by atoms with van der Waals surface area (Å²) >= 11 is 0. The Kier molecular flexibility index (Phi) is 5.38. The molecule has 1 heterocycles. The number of hydrogen-bond acceptors (Lipinski definition) is 4. The molecule has 1 aromatic carbocycles. The van der Waals surface area contributed by atoms with Gasteiger partial charge in [-0.15, -0.1) is 0 Å². The average Bonchev–Trinajstić information content (AvgIpc) is 2.49. The molecule has 4 nitrogen and oxygen atoms in total. The first kappa shape index (κ1) is 14.3. The number of nitrogens with zero attached hydrogens (tertiary/aromatic N) is 1. The Balaban J connectivity index is 2.21. The quantitative estimate of drug-likeness (QED) is 0.839. The Labute approximate surface area is 119 Å². The molecule has 0 radical (unpaired) electrons. The summed E-state index contributed by atoms with van der Waals surface area (Å²) in [7, 11) is 0. The van der Waals surface area contributed by atoms with E-state index in [2.05, 4.69) is 17.2 Å². The largest absolute Gasteiger partial charge is 0.490 e. The molecule has 0 aliphatic rings. The van der Waals surface area contributed by atoms with Crippen molar-refractivity contribution in [3.05, 3.63) is 48.3 Å². The zero-order valence-corrected chi connectivity index (χ0v) is 11.9. The van der Waals surface area contributed by atoms with Crippen molar-refractivity contribution in [2.75, 3.05) is 13.2 Å². The van der Waals surface area contributed by atoms with Crippen molar-refractivity contribution in [2.45, 2.75) is 20.4 Å². The minimum atomic E-state index is 0.612. The number of pyridine rings is 1. The first-order valence-electron chi connectivity index (χ1n) is 6.88. The molecule has 4 heteroatoms. The van der Waals surface area contributed by atoms with Crippen LogP contribution in [0, 0.1) is 0 Å². The van der Waals surface area contributed by atoms with Gasteiger partial charge in [-0.3, -0.25) is 4.98 Å². The standard InChI is InChI=1S/C16H20N2O2/c1-3-17-11-13-12-18-10-9-14(13)20-16-8-6-5-7-15(16)19-4-2/h5-10,12,17H,3-4,11H2,1-2H3. The van der Waals surface area contributed by atoms with Crippen LogP contribution in [-0.2, 0) is 6.54 Å². The van der Waals surface area contributed by atoms with Gasteiger partial charge in [-0.1, -0.05) is 19.1 Å². The van der Waals surface area contributed by atoms with E-state index in [0.29, 0.717) is 6.61 Å². The molecule has 1 aromatic heterocycles. The molecular formula is C16H20N2O2. The maximum Gasteiger partial charge on any atom is 0.169 e. The summed E-state index contributed by atoms with van der Waals surface area (Å²) in [5.41, 5.74) is 1.03. The summed E-state index contributed by atoms with van der Waals surface area (Å²) in [6.07, 6.45) is 3.55. The van der Waals surface area contributed by atoms with Crippen LogP contribution in [0.5, 0.6) is 17.2 Å². The van der Waals surface area contributed by atoms with E-state index in [-0.39, 0.29) is 0 Å².